The van der Waals surface area contributed by atoms with Gasteiger partial charge in [0.25, 0.3) is 0 Å². The zero-order valence-electron chi connectivity index (χ0n) is 13.8. The monoisotopic (exact) mass is 344 g/mol. The molecule has 25 heavy (non-hydrogen) atoms. The third-order valence-corrected chi connectivity index (χ3v) is 3.89. The van der Waals surface area contributed by atoms with Crippen molar-refractivity contribution in [2.24, 2.45) is 0 Å². The minimum atomic E-state index is -0.458. The van der Waals surface area contributed by atoms with Gasteiger partial charge in [0.05, 0.1) is 18.3 Å². The third kappa shape index (κ3) is 5.19. The highest BCUT2D eigenvalue weighted by molar-refractivity contribution is 5.93. The second-order valence-corrected chi connectivity index (χ2v) is 5.86. The molecule has 2 N–H and O–H groups in total. The maximum Gasteiger partial charge on any atom is 0.243 e. The van der Waals surface area contributed by atoms with Gasteiger partial charge >= 0.3 is 0 Å². The molecular weight excluding hydrogens is 323 g/mol. The molecule has 0 bridgehead atoms. The number of ether oxygens (including phenoxy) is 2. The van der Waals surface area contributed by atoms with Gasteiger partial charge in [0, 0.05) is 18.4 Å². The first-order chi connectivity index (χ1) is 12.2. The topological polar surface area (TPSA) is 59.6 Å². The zero-order chi connectivity index (χ0) is 17.5. The molecule has 1 atom stereocenters. The molecule has 2 aromatic carbocycles. The standard InChI is InChI=1S/C19H21FN2O3/c20-17-8-1-2-9-18(17)22-19(23)12-21-14-5-3-6-15(11-14)25-13-16-7-4-10-24-16/h1-3,5-6,8-9,11,16,21H,4,7,10,12-13H2,(H,22,23). The number of nitrogens with one attached hydrogen (secondary N) is 2. The summed E-state index contributed by atoms with van der Waals surface area (Å²) in [5, 5.41) is 5.54. The van der Waals surface area contributed by atoms with E-state index in [4.69, 9.17) is 9.47 Å². The van der Waals surface area contributed by atoms with Crippen LogP contribution in [0.5, 0.6) is 5.75 Å². The predicted octanol–water partition coefficient (Wildman–Crippen LogP) is 3.43. The fourth-order valence-electron chi connectivity index (χ4n) is 2.60. The summed E-state index contributed by atoms with van der Waals surface area (Å²) >= 11 is 0. The highest BCUT2D eigenvalue weighted by atomic mass is 19.1. The fourth-order valence-corrected chi connectivity index (χ4v) is 2.60. The molecule has 1 aliphatic rings. The van der Waals surface area contributed by atoms with Crippen LogP contribution >= 0.6 is 0 Å². The molecule has 1 heterocycles. The molecule has 0 aromatic heterocycles. The van der Waals surface area contributed by atoms with Gasteiger partial charge in [-0.05, 0) is 37.1 Å². The lowest BCUT2D eigenvalue weighted by Crippen LogP contribution is -2.22. The summed E-state index contributed by atoms with van der Waals surface area (Å²) in [5.74, 6) is -0.0637. The Balaban J connectivity index is 1.48. The van der Waals surface area contributed by atoms with Crippen molar-refractivity contribution in [2.45, 2.75) is 18.9 Å². The number of hydrogen-bond acceptors (Lipinski definition) is 4. The van der Waals surface area contributed by atoms with E-state index in [1.165, 1.54) is 12.1 Å². The molecule has 6 heteroatoms. The van der Waals surface area contributed by atoms with Gasteiger partial charge in [0.2, 0.25) is 5.91 Å². The number of amides is 1. The van der Waals surface area contributed by atoms with Gasteiger partial charge in [-0.15, -0.1) is 0 Å². The van der Waals surface area contributed by atoms with Crippen molar-refractivity contribution in [1.82, 2.24) is 0 Å². The number of halogens is 1. The molecule has 3 rings (SSSR count). The lowest BCUT2D eigenvalue weighted by atomic mass is 10.2. The summed E-state index contributed by atoms with van der Waals surface area (Å²) < 4.78 is 24.8. The van der Waals surface area contributed by atoms with Crippen molar-refractivity contribution in [3.05, 3.63) is 54.3 Å². The first kappa shape index (κ1) is 17.2. The van der Waals surface area contributed by atoms with Gasteiger partial charge in [-0.25, -0.2) is 4.39 Å². The van der Waals surface area contributed by atoms with Crippen LogP contribution < -0.4 is 15.4 Å². The van der Waals surface area contributed by atoms with E-state index in [1.54, 1.807) is 12.1 Å². The summed E-state index contributed by atoms with van der Waals surface area (Å²) in [4.78, 5) is 11.9. The lowest BCUT2D eigenvalue weighted by Gasteiger charge is -2.13. The number of benzene rings is 2. The molecule has 2 aromatic rings. The van der Waals surface area contributed by atoms with Crippen molar-refractivity contribution in [3.8, 4) is 5.75 Å². The molecule has 1 saturated heterocycles. The summed E-state index contributed by atoms with van der Waals surface area (Å²) in [7, 11) is 0. The Morgan fingerprint density at radius 3 is 2.92 bits per heavy atom. The van der Waals surface area contributed by atoms with Crippen molar-refractivity contribution >= 4 is 17.3 Å². The molecule has 132 valence electrons. The van der Waals surface area contributed by atoms with Gasteiger partial charge < -0.3 is 20.1 Å². The minimum Gasteiger partial charge on any atom is -0.491 e. The molecule has 5 nitrogen and oxygen atoms in total. The van der Waals surface area contributed by atoms with Gasteiger partial charge in [-0.2, -0.15) is 0 Å². The molecule has 0 spiro atoms. The first-order valence-corrected chi connectivity index (χ1v) is 8.33. The van der Waals surface area contributed by atoms with E-state index in [0.717, 1.165) is 30.9 Å². The van der Waals surface area contributed by atoms with E-state index in [2.05, 4.69) is 10.6 Å². The third-order valence-electron chi connectivity index (χ3n) is 3.89. The van der Waals surface area contributed by atoms with Gasteiger partial charge in [0.1, 0.15) is 18.2 Å². The molecule has 1 aliphatic heterocycles. The predicted molar refractivity (Wildman–Crippen MR) is 94.4 cm³/mol. The van der Waals surface area contributed by atoms with Crippen LogP contribution in [-0.4, -0.2) is 31.8 Å². The van der Waals surface area contributed by atoms with Crippen molar-refractivity contribution in [3.63, 3.8) is 0 Å². The van der Waals surface area contributed by atoms with Gasteiger partial charge in [-0.3, -0.25) is 4.79 Å². The van der Waals surface area contributed by atoms with Crippen molar-refractivity contribution in [2.75, 3.05) is 30.4 Å². The van der Waals surface area contributed by atoms with Crippen LogP contribution in [0.1, 0.15) is 12.8 Å². The van der Waals surface area contributed by atoms with Crippen LogP contribution in [-0.2, 0) is 9.53 Å². The largest absolute Gasteiger partial charge is 0.491 e. The first-order valence-electron chi connectivity index (χ1n) is 8.33. The Morgan fingerprint density at radius 2 is 2.12 bits per heavy atom. The Morgan fingerprint density at radius 1 is 1.24 bits per heavy atom. The van der Waals surface area contributed by atoms with E-state index >= 15 is 0 Å². The van der Waals surface area contributed by atoms with E-state index in [1.807, 2.05) is 24.3 Å². The van der Waals surface area contributed by atoms with Crippen LogP contribution in [0, 0.1) is 5.82 Å². The van der Waals surface area contributed by atoms with Crippen LogP contribution in [0.2, 0.25) is 0 Å². The Kier molecular flexibility index (Phi) is 5.85. The minimum absolute atomic E-state index is 0.0313. The van der Waals surface area contributed by atoms with E-state index in [9.17, 15) is 9.18 Å². The highest BCUT2D eigenvalue weighted by Gasteiger charge is 2.16. The molecule has 1 amide bonds. The summed E-state index contributed by atoms with van der Waals surface area (Å²) in [6, 6.07) is 13.4. The number of carbonyl (C=O) groups is 1. The Hall–Kier alpha value is -2.60. The summed E-state index contributed by atoms with van der Waals surface area (Å²) in [6.45, 7) is 1.35. The fraction of sp³-hybridized carbons (Fsp3) is 0.316. The second-order valence-electron chi connectivity index (χ2n) is 5.86. The SMILES string of the molecule is O=C(CNc1cccc(OCC2CCCO2)c1)Nc1ccccc1F. The maximum atomic E-state index is 13.5. The summed E-state index contributed by atoms with van der Waals surface area (Å²) in [6.07, 6.45) is 2.25. The molecule has 0 aliphatic carbocycles. The second kappa shape index (κ2) is 8.48. The number of hydrogen-bond donors (Lipinski definition) is 2. The quantitative estimate of drug-likeness (QED) is 0.808. The van der Waals surface area contributed by atoms with Crippen molar-refractivity contribution < 1.29 is 18.7 Å². The van der Waals surface area contributed by atoms with Crippen LogP contribution in [0.4, 0.5) is 15.8 Å². The number of carbonyl (C=O) groups excluding carboxylic acids is 1. The molecule has 0 radical (unpaired) electrons. The Bertz CT molecular complexity index is 717. The van der Waals surface area contributed by atoms with Crippen LogP contribution in [0.3, 0.4) is 0 Å². The molecule has 0 saturated carbocycles. The van der Waals surface area contributed by atoms with E-state index in [-0.39, 0.29) is 24.2 Å². The summed E-state index contributed by atoms with van der Waals surface area (Å²) in [5.41, 5.74) is 0.927. The molecular formula is C19H21FN2O3. The molecule has 1 fully saturated rings. The van der Waals surface area contributed by atoms with Crippen LogP contribution in [0.15, 0.2) is 48.5 Å². The Labute approximate surface area is 146 Å². The normalized spacial score (nSPS) is 16.4. The van der Waals surface area contributed by atoms with Crippen LogP contribution in [0.25, 0.3) is 0 Å². The van der Waals surface area contributed by atoms with Gasteiger partial charge in [-0.1, -0.05) is 18.2 Å². The smallest absolute Gasteiger partial charge is 0.243 e. The average Bonchev–Trinajstić information content (AvgIpc) is 3.14. The number of para-hydroxylation sites is 1. The zero-order valence-corrected chi connectivity index (χ0v) is 13.8. The average molecular weight is 344 g/mol. The van der Waals surface area contributed by atoms with E-state index < -0.39 is 5.82 Å². The highest BCUT2D eigenvalue weighted by Crippen LogP contribution is 2.19. The van der Waals surface area contributed by atoms with Crippen molar-refractivity contribution in [1.29, 1.82) is 0 Å². The van der Waals surface area contributed by atoms with Gasteiger partial charge in [0.15, 0.2) is 0 Å². The maximum absolute atomic E-state index is 13.5. The number of rotatable bonds is 7. The van der Waals surface area contributed by atoms with E-state index in [0.29, 0.717) is 6.61 Å². The number of anilines is 2. The lowest BCUT2D eigenvalue weighted by molar-refractivity contribution is -0.114. The molecule has 1 unspecified atom stereocenters.